The van der Waals surface area contributed by atoms with Gasteiger partial charge in [-0.1, -0.05) is 20.4 Å². The smallest absolute Gasteiger partial charge is 0.216 e. The van der Waals surface area contributed by atoms with E-state index in [-0.39, 0.29) is 5.92 Å². The quantitative estimate of drug-likeness (QED) is 0.392. The first-order chi connectivity index (χ1) is 5.61. The van der Waals surface area contributed by atoms with E-state index in [1.54, 1.807) is 7.11 Å². The van der Waals surface area contributed by atoms with Crippen LogP contribution in [0.4, 0.5) is 0 Å². The third-order valence-corrected chi connectivity index (χ3v) is 1.19. The molecule has 0 bridgehead atoms. The molecule has 0 amide bonds. The second-order valence-corrected chi connectivity index (χ2v) is 2.72. The summed E-state index contributed by atoms with van der Waals surface area (Å²) in [5.74, 6) is 5.63. The Morgan fingerprint density at radius 2 is 2.17 bits per heavy atom. The van der Waals surface area contributed by atoms with Gasteiger partial charge in [0.05, 0.1) is 12.3 Å². The van der Waals surface area contributed by atoms with Gasteiger partial charge in [0, 0.05) is 13.0 Å². The molecule has 4 nitrogen and oxygen atoms in total. The lowest BCUT2D eigenvalue weighted by Gasteiger charge is -2.07. The van der Waals surface area contributed by atoms with Gasteiger partial charge in [-0.05, 0) is 0 Å². The molecule has 0 fully saturated rings. The molecule has 0 aliphatic rings. The van der Waals surface area contributed by atoms with Crippen LogP contribution < -0.4 is 5.90 Å². The van der Waals surface area contributed by atoms with Crippen molar-refractivity contribution < 1.29 is 9.57 Å². The van der Waals surface area contributed by atoms with Crippen molar-refractivity contribution in [2.24, 2.45) is 16.8 Å². The van der Waals surface area contributed by atoms with Crippen LogP contribution in [0.2, 0.25) is 0 Å². The maximum atomic E-state index is 5.01. The molecule has 0 rings (SSSR count). The normalized spacial score (nSPS) is 11.9. The Kier molecular flexibility index (Phi) is 5.32. The number of hydrogen-bond acceptors (Lipinski definition) is 4. The molecule has 0 aliphatic heterocycles. The average molecular weight is 172 g/mol. The molecular weight excluding hydrogens is 156 g/mol. The van der Waals surface area contributed by atoms with E-state index in [9.17, 15) is 0 Å². The second kappa shape index (κ2) is 5.74. The molecular formula is C8H16N2O2. The monoisotopic (exact) mass is 172 g/mol. The maximum absolute atomic E-state index is 5.01. The number of ether oxygens (including phenoxy) is 1. The molecule has 12 heavy (non-hydrogen) atoms. The molecule has 0 heterocycles. The lowest BCUT2D eigenvalue weighted by molar-refractivity contribution is 0.224. The van der Waals surface area contributed by atoms with Gasteiger partial charge in [0.1, 0.15) is 0 Å². The minimum Gasteiger partial charge on any atom is -0.396 e. The van der Waals surface area contributed by atoms with E-state index in [4.69, 9.17) is 10.6 Å². The molecule has 0 aromatic carbocycles. The van der Waals surface area contributed by atoms with Crippen molar-refractivity contribution in [1.82, 2.24) is 0 Å². The molecule has 0 radical (unpaired) electrons. The van der Waals surface area contributed by atoms with E-state index >= 15 is 0 Å². The Balaban J connectivity index is 4.18. The highest BCUT2D eigenvalue weighted by molar-refractivity contribution is 5.78. The van der Waals surface area contributed by atoms with Crippen molar-refractivity contribution in [3.8, 4) is 0 Å². The molecule has 0 saturated heterocycles. The van der Waals surface area contributed by atoms with Crippen LogP contribution in [0, 0.1) is 5.92 Å². The maximum Gasteiger partial charge on any atom is 0.216 e. The topological polar surface area (TPSA) is 56.8 Å². The molecule has 4 heteroatoms. The molecule has 0 aliphatic carbocycles. The van der Waals surface area contributed by atoms with Gasteiger partial charge < -0.3 is 9.57 Å². The van der Waals surface area contributed by atoms with Crippen molar-refractivity contribution in [3.63, 3.8) is 0 Å². The minimum absolute atomic E-state index is 0.156. The van der Waals surface area contributed by atoms with E-state index in [0.717, 1.165) is 0 Å². The summed E-state index contributed by atoms with van der Waals surface area (Å²) in [6, 6.07) is 0. The van der Waals surface area contributed by atoms with Crippen LogP contribution in [0.15, 0.2) is 17.3 Å². The summed E-state index contributed by atoms with van der Waals surface area (Å²) in [5, 5.41) is 0. The molecule has 0 aromatic heterocycles. The number of methoxy groups -OCH3 is 1. The number of nitrogens with zero attached hydrogens (tertiary/aromatic N) is 1. The fourth-order valence-electron chi connectivity index (χ4n) is 0.646. The second-order valence-electron chi connectivity index (χ2n) is 2.72. The van der Waals surface area contributed by atoms with E-state index in [1.807, 2.05) is 13.8 Å². The van der Waals surface area contributed by atoms with Crippen LogP contribution in [0.25, 0.3) is 0 Å². The van der Waals surface area contributed by atoms with Crippen molar-refractivity contribution in [2.75, 3.05) is 13.7 Å². The summed E-state index contributed by atoms with van der Waals surface area (Å²) in [7, 11) is 1.58. The standard InChI is InChI=1S/C8H16N2O2/c1-6(2)8(12-9)10-7(3)5-11-4/h6H,3,5,9H2,1-2,4H3/b10-8-. The summed E-state index contributed by atoms with van der Waals surface area (Å²) in [5.41, 5.74) is 0.603. The van der Waals surface area contributed by atoms with Crippen molar-refractivity contribution >= 4 is 5.90 Å². The Hall–Kier alpha value is -0.870. The van der Waals surface area contributed by atoms with Crippen LogP contribution >= 0.6 is 0 Å². The molecule has 70 valence electrons. The highest BCUT2D eigenvalue weighted by atomic mass is 16.6. The number of aliphatic imine (C=N–C) groups is 1. The van der Waals surface area contributed by atoms with Gasteiger partial charge in [-0.3, -0.25) is 0 Å². The van der Waals surface area contributed by atoms with Gasteiger partial charge in [0.15, 0.2) is 0 Å². The molecule has 0 saturated carbocycles. The first kappa shape index (κ1) is 11.1. The largest absolute Gasteiger partial charge is 0.396 e. The van der Waals surface area contributed by atoms with E-state index < -0.39 is 0 Å². The lowest BCUT2D eigenvalue weighted by Crippen LogP contribution is -2.17. The van der Waals surface area contributed by atoms with Crippen LogP contribution in [0.1, 0.15) is 13.8 Å². The number of rotatable bonds is 4. The summed E-state index contributed by atoms with van der Waals surface area (Å²) >= 11 is 0. The highest BCUT2D eigenvalue weighted by Gasteiger charge is 2.05. The summed E-state index contributed by atoms with van der Waals surface area (Å²) in [6.45, 7) is 7.93. The zero-order valence-corrected chi connectivity index (χ0v) is 7.83. The minimum atomic E-state index is 0.156. The van der Waals surface area contributed by atoms with Crippen LogP contribution in [0.3, 0.4) is 0 Å². The van der Waals surface area contributed by atoms with E-state index in [2.05, 4.69) is 16.4 Å². The number of hydrogen-bond donors (Lipinski definition) is 1. The fourth-order valence-corrected chi connectivity index (χ4v) is 0.646. The first-order valence-corrected chi connectivity index (χ1v) is 3.73. The third kappa shape index (κ3) is 4.10. The summed E-state index contributed by atoms with van der Waals surface area (Å²) in [4.78, 5) is 8.60. The molecule has 0 atom stereocenters. The number of nitrogens with two attached hydrogens (primary N) is 1. The lowest BCUT2D eigenvalue weighted by atomic mass is 10.2. The van der Waals surface area contributed by atoms with Crippen LogP contribution in [0.5, 0.6) is 0 Å². The fraction of sp³-hybridized carbons (Fsp3) is 0.625. The van der Waals surface area contributed by atoms with Gasteiger partial charge in [-0.25, -0.2) is 4.99 Å². The van der Waals surface area contributed by atoms with E-state index in [0.29, 0.717) is 18.2 Å². The Morgan fingerprint density at radius 1 is 1.58 bits per heavy atom. The third-order valence-electron chi connectivity index (χ3n) is 1.19. The van der Waals surface area contributed by atoms with Crippen LogP contribution in [-0.4, -0.2) is 19.6 Å². The predicted octanol–water partition coefficient (Wildman–Crippen LogP) is 1.09. The van der Waals surface area contributed by atoms with Crippen molar-refractivity contribution in [1.29, 1.82) is 0 Å². The average Bonchev–Trinajstić information content (AvgIpc) is 2.00. The summed E-state index contributed by atoms with van der Waals surface area (Å²) in [6.07, 6.45) is 0. The Bertz CT molecular complexity index is 176. The van der Waals surface area contributed by atoms with Gasteiger partial charge in [0.2, 0.25) is 5.90 Å². The van der Waals surface area contributed by atoms with Gasteiger partial charge in [0.25, 0.3) is 0 Å². The van der Waals surface area contributed by atoms with Crippen molar-refractivity contribution in [2.45, 2.75) is 13.8 Å². The predicted molar refractivity (Wildman–Crippen MR) is 48.6 cm³/mol. The van der Waals surface area contributed by atoms with Gasteiger partial charge >= 0.3 is 0 Å². The van der Waals surface area contributed by atoms with Crippen molar-refractivity contribution in [3.05, 3.63) is 12.3 Å². The van der Waals surface area contributed by atoms with E-state index in [1.165, 1.54) is 0 Å². The first-order valence-electron chi connectivity index (χ1n) is 3.73. The Labute approximate surface area is 73.0 Å². The van der Waals surface area contributed by atoms with Gasteiger partial charge in [-0.15, -0.1) is 0 Å². The molecule has 0 spiro atoms. The zero-order chi connectivity index (χ0) is 9.56. The Morgan fingerprint density at radius 3 is 2.50 bits per heavy atom. The summed E-state index contributed by atoms with van der Waals surface area (Å²) < 4.78 is 4.83. The molecule has 0 aromatic rings. The molecule has 2 N–H and O–H groups in total. The molecule has 0 unspecified atom stereocenters. The zero-order valence-electron chi connectivity index (χ0n) is 7.83. The SMILES string of the molecule is C=C(COC)/N=C(\ON)C(C)C. The highest BCUT2D eigenvalue weighted by Crippen LogP contribution is 2.01. The van der Waals surface area contributed by atoms with Gasteiger partial charge in [-0.2, -0.15) is 5.90 Å². The van der Waals surface area contributed by atoms with Crippen LogP contribution in [-0.2, 0) is 9.57 Å².